The lowest BCUT2D eigenvalue weighted by Gasteiger charge is -2.01. The summed E-state index contributed by atoms with van der Waals surface area (Å²) in [4.78, 5) is 18.6. The third-order valence-electron chi connectivity index (χ3n) is 3.21. The Hall–Kier alpha value is -2.40. The van der Waals surface area contributed by atoms with Crippen LogP contribution in [-0.2, 0) is 13.6 Å². The van der Waals surface area contributed by atoms with E-state index in [0.717, 1.165) is 28.0 Å². The van der Waals surface area contributed by atoms with E-state index in [1.54, 1.807) is 12.3 Å². The minimum Gasteiger partial charge on any atom is -0.329 e. The molecule has 5 heteroatoms. The average Bonchev–Trinajstić information content (AvgIpc) is 2.75. The van der Waals surface area contributed by atoms with E-state index in [4.69, 9.17) is 5.73 Å². The van der Waals surface area contributed by atoms with E-state index in [1.165, 1.54) is 0 Å². The van der Waals surface area contributed by atoms with Gasteiger partial charge in [-0.05, 0) is 23.8 Å². The van der Waals surface area contributed by atoms with Gasteiger partial charge in [0.2, 0.25) is 5.56 Å². The van der Waals surface area contributed by atoms with Gasteiger partial charge in [-0.2, -0.15) is 0 Å². The average molecular weight is 254 g/mol. The minimum atomic E-state index is -0.132. The number of pyridine rings is 1. The molecule has 0 aliphatic carbocycles. The summed E-state index contributed by atoms with van der Waals surface area (Å²) in [6, 6.07) is 9.36. The molecule has 3 rings (SSSR count). The second kappa shape index (κ2) is 4.37. The molecule has 5 nitrogen and oxygen atoms in total. The third kappa shape index (κ3) is 1.94. The van der Waals surface area contributed by atoms with Crippen LogP contribution >= 0.6 is 0 Å². The van der Waals surface area contributed by atoms with Crippen molar-refractivity contribution in [3.63, 3.8) is 0 Å². The summed E-state index contributed by atoms with van der Waals surface area (Å²) in [5.41, 5.74) is 9.26. The fourth-order valence-corrected chi connectivity index (χ4v) is 2.21. The summed E-state index contributed by atoms with van der Waals surface area (Å²) < 4.78 is 1.98. The van der Waals surface area contributed by atoms with E-state index in [1.807, 2.05) is 35.9 Å². The number of H-pyrrole nitrogens is 1. The van der Waals surface area contributed by atoms with Gasteiger partial charge in [0, 0.05) is 31.4 Å². The van der Waals surface area contributed by atoms with Crippen molar-refractivity contribution in [2.45, 2.75) is 6.54 Å². The van der Waals surface area contributed by atoms with Gasteiger partial charge >= 0.3 is 0 Å². The topological polar surface area (TPSA) is 76.7 Å². The number of aromatic amines is 1. The Morgan fingerprint density at radius 3 is 2.89 bits per heavy atom. The van der Waals surface area contributed by atoms with Gasteiger partial charge in [-0.15, -0.1) is 0 Å². The zero-order chi connectivity index (χ0) is 13.4. The summed E-state index contributed by atoms with van der Waals surface area (Å²) >= 11 is 0. The molecular weight excluding hydrogens is 240 g/mol. The van der Waals surface area contributed by atoms with Crippen LogP contribution < -0.4 is 11.3 Å². The Kier molecular flexibility index (Phi) is 2.68. The summed E-state index contributed by atoms with van der Waals surface area (Å²) in [7, 11) is 1.94. The molecule has 0 radical (unpaired) electrons. The summed E-state index contributed by atoms with van der Waals surface area (Å²) in [5, 5.41) is 0. The molecule has 0 aliphatic rings. The molecule has 0 saturated carbocycles. The van der Waals surface area contributed by atoms with E-state index >= 15 is 0 Å². The molecule has 1 aromatic carbocycles. The number of hydrogen-bond donors (Lipinski definition) is 2. The Balaban J connectivity index is 2.25. The van der Waals surface area contributed by atoms with Crippen molar-refractivity contribution in [2.24, 2.45) is 12.8 Å². The molecule has 3 N–H and O–H groups in total. The standard InChI is InChI=1S/C14H14N4O/c1-18-12-3-2-9(8-15)6-11(12)17-14(18)10-4-5-16-13(19)7-10/h2-7H,8,15H2,1H3,(H,16,19). The number of nitrogens with two attached hydrogens (primary N) is 1. The molecule has 2 aromatic heterocycles. The van der Waals surface area contributed by atoms with E-state index in [9.17, 15) is 4.79 Å². The molecule has 0 fully saturated rings. The molecule has 19 heavy (non-hydrogen) atoms. The Labute approximate surface area is 109 Å². The van der Waals surface area contributed by atoms with E-state index in [0.29, 0.717) is 6.54 Å². The van der Waals surface area contributed by atoms with Crippen molar-refractivity contribution in [1.29, 1.82) is 0 Å². The molecule has 0 unspecified atom stereocenters. The lowest BCUT2D eigenvalue weighted by molar-refractivity contribution is 0.957. The zero-order valence-electron chi connectivity index (χ0n) is 10.6. The quantitative estimate of drug-likeness (QED) is 0.725. The first kappa shape index (κ1) is 11.7. The predicted octanol–water partition coefficient (Wildman–Crippen LogP) is 1.39. The molecule has 2 heterocycles. The van der Waals surface area contributed by atoms with Crippen molar-refractivity contribution >= 4 is 11.0 Å². The van der Waals surface area contributed by atoms with Crippen LogP contribution in [0.3, 0.4) is 0 Å². The van der Waals surface area contributed by atoms with Crippen LogP contribution in [0.15, 0.2) is 41.3 Å². The number of fused-ring (bicyclic) bond motifs is 1. The number of aromatic nitrogens is 3. The van der Waals surface area contributed by atoms with Crippen LogP contribution in [0.1, 0.15) is 5.56 Å². The van der Waals surface area contributed by atoms with Crippen molar-refractivity contribution in [1.82, 2.24) is 14.5 Å². The largest absolute Gasteiger partial charge is 0.329 e. The predicted molar refractivity (Wildman–Crippen MR) is 74.7 cm³/mol. The van der Waals surface area contributed by atoms with E-state index in [2.05, 4.69) is 9.97 Å². The number of aryl methyl sites for hydroxylation is 1. The van der Waals surface area contributed by atoms with Gasteiger partial charge in [0.15, 0.2) is 0 Å². The SMILES string of the molecule is Cn1c(-c2cc[nH]c(=O)c2)nc2cc(CN)ccc21. The summed E-state index contributed by atoms with van der Waals surface area (Å²) in [6.07, 6.45) is 1.63. The molecule has 0 spiro atoms. The van der Waals surface area contributed by atoms with Crippen LogP contribution in [0.5, 0.6) is 0 Å². The highest BCUT2D eigenvalue weighted by Crippen LogP contribution is 2.23. The Morgan fingerprint density at radius 2 is 2.16 bits per heavy atom. The van der Waals surface area contributed by atoms with Gasteiger partial charge in [0.05, 0.1) is 11.0 Å². The monoisotopic (exact) mass is 254 g/mol. The fraction of sp³-hybridized carbons (Fsp3) is 0.143. The first-order valence-electron chi connectivity index (χ1n) is 6.03. The van der Waals surface area contributed by atoms with Gasteiger partial charge in [-0.25, -0.2) is 4.98 Å². The minimum absolute atomic E-state index is 0.132. The maximum absolute atomic E-state index is 11.4. The zero-order valence-corrected chi connectivity index (χ0v) is 10.6. The highest BCUT2D eigenvalue weighted by atomic mass is 16.1. The van der Waals surface area contributed by atoms with Crippen molar-refractivity contribution in [2.75, 3.05) is 0 Å². The van der Waals surface area contributed by atoms with Crippen LogP contribution in [0.2, 0.25) is 0 Å². The molecular formula is C14H14N4O. The lowest BCUT2D eigenvalue weighted by atomic mass is 10.2. The van der Waals surface area contributed by atoms with Gasteiger partial charge in [0.25, 0.3) is 0 Å². The number of hydrogen-bond acceptors (Lipinski definition) is 3. The molecule has 96 valence electrons. The fourth-order valence-electron chi connectivity index (χ4n) is 2.21. The molecule has 0 bridgehead atoms. The van der Waals surface area contributed by atoms with Gasteiger partial charge in [-0.3, -0.25) is 4.79 Å². The molecule has 0 atom stereocenters. The third-order valence-corrected chi connectivity index (χ3v) is 3.21. The molecule has 0 amide bonds. The second-order valence-electron chi connectivity index (χ2n) is 4.46. The number of benzene rings is 1. The summed E-state index contributed by atoms with van der Waals surface area (Å²) in [5.74, 6) is 0.773. The Bertz CT molecular complexity index is 801. The van der Waals surface area contributed by atoms with Gasteiger partial charge in [-0.1, -0.05) is 6.07 Å². The van der Waals surface area contributed by atoms with Gasteiger partial charge < -0.3 is 15.3 Å². The number of imidazole rings is 1. The first-order valence-corrected chi connectivity index (χ1v) is 6.03. The second-order valence-corrected chi connectivity index (χ2v) is 4.46. The van der Waals surface area contributed by atoms with Crippen LogP contribution in [0.25, 0.3) is 22.4 Å². The molecule has 0 saturated heterocycles. The number of nitrogens with one attached hydrogen (secondary N) is 1. The number of nitrogens with zero attached hydrogens (tertiary/aromatic N) is 2. The van der Waals surface area contributed by atoms with E-state index < -0.39 is 0 Å². The van der Waals surface area contributed by atoms with Gasteiger partial charge in [0.1, 0.15) is 5.82 Å². The summed E-state index contributed by atoms with van der Waals surface area (Å²) in [6.45, 7) is 0.493. The highest BCUT2D eigenvalue weighted by Gasteiger charge is 2.10. The molecule has 3 aromatic rings. The maximum atomic E-state index is 11.4. The van der Waals surface area contributed by atoms with E-state index in [-0.39, 0.29) is 5.56 Å². The number of rotatable bonds is 2. The van der Waals surface area contributed by atoms with Crippen LogP contribution in [0, 0.1) is 0 Å². The normalized spacial score (nSPS) is 11.1. The first-order chi connectivity index (χ1) is 9.19. The van der Waals surface area contributed by atoms with Crippen molar-refractivity contribution in [3.8, 4) is 11.4 Å². The van der Waals surface area contributed by atoms with Crippen LogP contribution in [0.4, 0.5) is 0 Å². The highest BCUT2D eigenvalue weighted by molar-refractivity contribution is 5.81. The van der Waals surface area contributed by atoms with Crippen molar-refractivity contribution < 1.29 is 0 Å². The lowest BCUT2D eigenvalue weighted by Crippen LogP contribution is -2.03. The maximum Gasteiger partial charge on any atom is 0.248 e. The van der Waals surface area contributed by atoms with Crippen LogP contribution in [-0.4, -0.2) is 14.5 Å². The molecule has 0 aliphatic heterocycles. The smallest absolute Gasteiger partial charge is 0.248 e. The van der Waals surface area contributed by atoms with Crippen molar-refractivity contribution in [3.05, 3.63) is 52.4 Å². The Morgan fingerprint density at radius 1 is 1.32 bits per heavy atom.